The van der Waals surface area contributed by atoms with Crippen LogP contribution < -0.4 is 0 Å². The van der Waals surface area contributed by atoms with E-state index in [2.05, 4.69) is 20.9 Å². The lowest BCUT2D eigenvalue weighted by Crippen LogP contribution is -2.15. The number of rotatable bonds is 1. The Morgan fingerprint density at radius 2 is 2.45 bits per heavy atom. The summed E-state index contributed by atoms with van der Waals surface area (Å²) in [6, 6.07) is -0.759. The van der Waals surface area contributed by atoms with Gasteiger partial charge in [0.2, 0.25) is 0 Å². The van der Waals surface area contributed by atoms with Crippen LogP contribution in [0.4, 0.5) is 0 Å². The molecule has 1 aromatic heterocycles. The van der Waals surface area contributed by atoms with Gasteiger partial charge >= 0.3 is 0 Å². The molecule has 0 atom stereocenters. The fourth-order valence-corrected chi connectivity index (χ4v) is 0.757. The van der Waals surface area contributed by atoms with E-state index in [1.165, 1.54) is 0 Å². The predicted octanol–water partition coefficient (Wildman–Crippen LogP) is 2.07. The number of hydrogen-bond acceptors (Lipinski definition) is 2. The van der Waals surface area contributed by atoms with Crippen molar-refractivity contribution < 1.29 is 17.4 Å². The first-order valence-corrected chi connectivity index (χ1v) is 3.40. The smallest absolute Gasteiger partial charge is 0.0855 e. The molecule has 1 heterocycles. The molecule has 0 unspecified atom stereocenters. The first-order chi connectivity index (χ1) is 8.75. The van der Waals surface area contributed by atoms with E-state index in [1.807, 2.05) is 0 Å². The summed E-state index contributed by atoms with van der Waals surface area (Å²) >= 11 is 2.79. The summed E-state index contributed by atoms with van der Waals surface area (Å²) in [7, 11) is 0. The van der Waals surface area contributed by atoms with Gasteiger partial charge in [-0.25, -0.2) is 0 Å². The molecule has 0 aliphatic heterocycles. The van der Waals surface area contributed by atoms with Crippen LogP contribution in [0.3, 0.4) is 0 Å². The summed E-state index contributed by atoms with van der Waals surface area (Å²) in [4.78, 5) is 3.33. The van der Waals surface area contributed by atoms with Gasteiger partial charge in [0.15, 0.2) is 0 Å². The Morgan fingerprint density at radius 1 is 1.73 bits per heavy atom. The summed E-state index contributed by atoms with van der Waals surface area (Å²) in [6.45, 7) is -6.82. The van der Waals surface area contributed by atoms with Gasteiger partial charge in [0.1, 0.15) is 0 Å². The second-order valence-electron chi connectivity index (χ2n) is 1.86. The molecule has 0 bridgehead atoms. The lowest BCUT2D eigenvalue weighted by Gasteiger charge is -2.16. The topological polar surface area (TPSA) is 33.1 Å². The molecule has 1 N–H and O–H groups in total. The Kier molecular flexibility index (Phi) is 0.672. The van der Waals surface area contributed by atoms with Crippen molar-refractivity contribution in [1.82, 2.24) is 4.98 Å². The van der Waals surface area contributed by atoms with E-state index >= 15 is 0 Å². The minimum atomic E-state index is -3.42. The maximum Gasteiger partial charge on any atom is 0.0855 e. The van der Waals surface area contributed by atoms with E-state index in [-0.39, 0.29) is 4.47 Å². The van der Waals surface area contributed by atoms with Crippen molar-refractivity contribution in [3.63, 3.8) is 0 Å². The maximum atomic E-state index is 10.2. The van der Waals surface area contributed by atoms with Crippen LogP contribution in [0.2, 0.25) is 0 Å². The Hall–Kier alpha value is -0.410. The van der Waals surface area contributed by atoms with Crippen LogP contribution in [0, 0.1) is 0 Å². The predicted molar refractivity (Wildman–Crippen MR) is 47.2 cm³/mol. The molecule has 60 valence electrons. The zero-order valence-electron chi connectivity index (χ0n) is 14.3. The minimum Gasteiger partial charge on any atom is -0.386 e. The summed E-state index contributed by atoms with van der Waals surface area (Å²) < 4.78 is 65.9. The maximum absolute atomic E-state index is 10.2. The third-order valence-electron chi connectivity index (χ3n) is 0.918. The Morgan fingerprint density at radius 3 is 3.09 bits per heavy atom. The van der Waals surface area contributed by atoms with Gasteiger partial charge in [0, 0.05) is 30.6 Å². The molecule has 1 aromatic rings. The largest absolute Gasteiger partial charge is 0.386 e. The van der Waals surface area contributed by atoms with Gasteiger partial charge in [0.25, 0.3) is 0 Å². The average molecular weight is 225 g/mol. The van der Waals surface area contributed by atoms with Crippen molar-refractivity contribution in [3.8, 4) is 0 Å². The molecule has 0 radical (unpaired) electrons. The van der Waals surface area contributed by atoms with Gasteiger partial charge in [-0.3, -0.25) is 4.98 Å². The van der Waals surface area contributed by atoms with Gasteiger partial charge < -0.3 is 5.11 Å². The summed E-state index contributed by atoms with van der Waals surface area (Å²) in [5.74, 6) is 0. The van der Waals surface area contributed by atoms with E-state index in [4.69, 9.17) is 12.3 Å². The number of nitrogens with zero attached hydrogens (tertiary/aromatic N) is 1. The first-order valence-electron chi connectivity index (χ1n) is 7.11. The van der Waals surface area contributed by atoms with Crippen LogP contribution in [0.25, 0.3) is 0 Å². The van der Waals surface area contributed by atoms with E-state index in [9.17, 15) is 5.11 Å². The quantitative estimate of drug-likeness (QED) is 0.793. The first kappa shape index (κ1) is 2.54. The molecule has 0 spiro atoms. The molecule has 0 fully saturated rings. The average Bonchev–Trinajstić information content (AvgIpc) is 2.22. The SMILES string of the molecule is [2H]c1nc([2H])c(C(O)(C([2H])([2H])[2H])C([2H])([2H])[2H])c([2H])c1Br. The number of aliphatic hydroxyl groups is 1. The van der Waals surface area contributed by atoms with Crippen molar-refractivity contribution in [2.45, 2.75) is 19.3 Å². The van der Waals surface area contributed by atoms with Crippen molar-refractivity contribution >= 4 is 15.9 Å². The summed E-state index contributed by atoms with van der Waals surface area (Å²) in [5, 5.41) is 10.2. The molecule has 0 aliphatic carbocycles. The molecule has 0 aliphatic rings. The van der Waals surface area contributed by atoms with E-state index in [0.29, 0.717) is 0 Å². The van der Waals surface area contributed by atoms with Gasteiger partial charge in [0.05, 0.1) is 9.71 Å². The fraction of sp³-hybridized carbons (Fsp3) is 0.375. The highest BCUT2D eigenvalue weighted by Gasteiger charge is 2.15. The van der Waals surface area contributed by atoms with Gasteiger partial charge in [-0.1, -0.05) is 0 Å². The minimum absolute atomic E-state index is 0.296. The third-order valence-corrected chi connectivity index (χ3v) is 1.29. The van der Waals surface area contributed by atoms with Gasteiger partial charge in [-0.15, -0.1) is 0 Å². The van der Waals surface area contributed by atoms with Crippen LogP contribution in [-0.2, 0) is 5.60 Å². The van der Waals surface area contributed by atoms with Crippen LogP contribution in [-0.4, -0.2) is 10.1 Å². The number of aromatic nitrogens is 1. The second-order valence-corrected chi connectivity index (χ2v) is 2.65. The normalized spacial score (nSPS) is 25.8. The molecule has 11 heavy (non-hydrogen) atoms. The molecular weight excluding hydrogens is 206 g/mol. The van der Waals surface area contributed by atoms with Gasteiger partial charge in [-0.05, 0) is 35.7 Å². The number of halogens is 1. The van der Waals surface area contributed by atoms with Crippen molar-refractivity contribution in [2.24, 2.45) is 0 Å². The monoisotopic (exact) mass is 224 g/mol. The van der Waals surface area contributed by atoms with Crippen molar-refractivity contribution in [1.29, 1.82) is 0 Å². The molecule has 1 rings (SSSR count). The zero-order chi connectivity index (χ0) is 16.1. The molecule has 0 saturated heterocycles. The van der Waals surface area contributed by atoms with Crippen LogP contribution in [0.1, 0.15) is 31.6 Å². The number of hydrogen-bond donors (Lipinski definition) is 1. The Labute approximate surface area is 87.1 Å². The molecule has 0 amide bonds. The van der Waals surface area contributed by atoms with E-state index in [0.717, 1.165) is 0 Å². The zero-order valence-corrected chi connectivity index (χ0v) is 6.86. The standard InChI is InChI=1S/C8H10BrNO/c1-8(2,11)6-3-7(9)5-10-4-6/h3-5,11H,1-2H3/i1D3,2D3,3D,4D,5D. The Bertz CT molecular complexity index is 524. The van der Waals surface area contributed by atoms with Crippen LogP contribution in [0.5, 0.6) is 0 Å². The lowest BCUT2D eigenvalue weighted by molar-refractivity contribution is 0.0781. The Balaban J connectivity index is 3.83. The second kappa shape index (κ2) is 2.91. The van der Waals surface area contributed by atoms with Crippen molar-refractivity contribution in [2.75, 3.05) is 0 Å². The third kappa shape index (κ3) is 2.27. The summed E-state index contributed by atoms with van der Waals surface area (Å²) in [6.07, 6.45) is -1.46. The molecule has 0 saturated carbocycles. The van der Waals surface area contributed by atoms with Crippen LogP contribution >= 0.6 is 15.9 Å². The highest BCUT2D eigenvalue weighted by atomic mass is 79.9. The van der Waals surface area contributed by atoms with Gasteiger partial charge in [-0.2, -0.15) is 0 Å². The lowest BCUT2D eigenvalue weighted by atomic mass is 10.0. The fourth-order valence-electron chi connectivity index (χ4n) is 0.470. The van der Waals surface area contributed by atoms with E-state index in [1.54, 1.807) is 0 Å². The highest BCUT2D eigenvalue weighted by Crippen LogP contribution is 2.21. The molecule has 0 aromatic carbocycles. The summed E-state index contributed by atoms with van der Waals surface area (Å²) in [5.41, 5.74) is -4.38. The van der Waals surface area contributed by atoms with Crippen molar-refractivity contribution in [3.05, 3.63) is 28.4 Å². The van der Waals surface area contributed by atoms with Crippen LogP contribution in [0.15, 0.2) is 22.9 Å². The molecule has 3 heteroatoms. The van der Waals surface area contributed by atoms with E-state index < -0.39 is 43.3 Å². The molecule has 2 nitrogen and oxygen atoms in total. The number of pyridine rings is 1. The molecular formula is C8H10BrNO. The highest BCUT2D eigenvalue weighted by molar-refractivity contribution is 9.10.